The second-order valence-corrected chi connectivity index (χ2v) is 13.3. The minimum Gasteiger partial charge on any atom is -0.367 e. The first kappa shape index (κ1) is 27.6. The van der Waals surface area contributed by atoms with Gasteiger partial charge in [0.1, 0.15) is 12.0 Å². The molecule has 2 unspecified atom stereocenters. The molecule has 0 radical (unpaired) electrons. The highest BCUT2D eigenvalue weighted by Gasteiger charge is 2.34. The van der Waals surface area contributed by atoms with E-state index in [1.807, 2.05) is 14.0 Å². The van der Waals surface area contributed by atoms with Gasteiger partial charge in [-0.25, -0.2) is 37.7 Å². The number of nitrogens with one attached hydrogen (secondary N) is 1. The molecule has 39 heavy (non-hydrogen) atoms. The minimum atomic E-state index is -3.21. The summed E-state index contributed by atoms with van der Waals surface area (Å²) in [6, 6.07) is 0.260. The van der Waals surface area contributed by atoms with Gasteiger partial charge in [0.15, 0.2) is 23.8 Å². The van der Waals surface area contributed by atoms with Gasteiger partial charge in [0, 0.05) is 38.6 Å². The van der Waals surface area contributed by atoms with E-state index in [-0.39, 0.29) is 23.5 Å². The van der Waals surface area contributed by atoms with E-state index >= 15 is 0 Å². The number of aryl methyl sites for hydroxylation is 1. The molecular formula is C27H38N8O3S. The Kier molecular flexibility index (Phi) is 7.95. The van der Waals surface area contributed by atoms with Gasteiger partial charge in [0.05, 0.1) is 28.9 Å². The van der Waals surface area contributed by atoms with E-state index in [4.69, 9.17) is 4.98 Å². The lowest BCUT2D eigenvalue weighted by atomic mass is 10.1. The molecule has 2 atom stereocenters. The topological polar surface area (TPSA) is 134 Å². The summed E-state index contributed by atoms with van der Waals surface area (Å²) < 4.78 is 25.9. The van der Waals surface area contributed by atoms with Crippen LogP contribution in [0.3, 0.4) is 0 Å². The maximum Gasteiger partial charge on any atom is 0.213 e. The van der Waals surface area contributed by atoms with E-state index in [2.05, 4.69) is 37.1 Å². The molecule has 1 N–H and O–H groups in total. The summed E-state index contributed by atoms with van der Waals surface area (Å²) in [5.74, 6) is 2.62. The number of nitrogens with zero attached hydrogens (tertiary/aromatic N) is 7. The van der Waals surface area contributed by atoms with Crippen LogP contribution in [0.2, 0.25) is 0 Å². The molecule has 3 fully saturated rings. The molecule has 2 saturated carbocycles. The number of aromatic nitrogens is 4. The van der Waals surface area contributed by atoms with E-state index < -0.39 is 10.0 Å². The predicted molar refractivity (Wildman–Crippen MR) is 151 cm³/mol. The first-order valence-electron chi connectivity index (χ1n) is 13.9. The van der Waals surface area contributed by atoms with Crippen LogP contribution in [-0.2, 0) is 14.8 Å². The van der Waals surface area contributed by atoms with Crippen molar-refractivity contribution >= 4 is 33.7 Å². The van der Waals surface area contributed by atoms with Gasteiger partial charge in [-0.3, -0.25) is 4.79 Å². The standard InChI is InChI=1S/C27H38N8O3S/c1-5-39(37,38)35-11-10-19(14-35)12-28-23(15-36)32-22-13-29-26(33-27(22)34(4)18(3)20-6-7-20)24-17(2)30-16-31-25(24)21-8-9-21/h13,15-16,18-21H,5-12,14H2,1-4H3,(H,28,32). The average Bonchev–Trinajstić information content (AvgIpc) is 3.88. The summed E-state index contributed by atoms with van der Waals surface area (Å²) in [4.78, 5) is 37.4. The molecule has 0 aromatic carbocycles. The van der Waals surface area contributed by atoms with E-state index in [1.165, 1.54) is 17.1 Å². The molecule has 5 rings (SSSR count). The van der Waals surface area contributed by atoms with Crippen molar-refractivity contribution in [3.8, 4) is 11.4 Å². The van der Waals surface area contributed by atoms with Gasteiger partial charge in [-0.1, -0.05) is 0 Å². The fourth-order valence-corrected chi connectivity index (χ4v) is 6.42. The third-order valence-corrected chi connectivity index (χ3v) is 10.0. The van der Waals surface area contributed by atoms with Gasteiger partial charge in [-0.05, 0) is 64.7 Å². The number of anilines is 1. The van der Waals surface area contributed by atoms with Crippen molar-refractivity contribution in [2.75, 3.05) is 37.3 Å². The van der Waals surface area contributed by atoms with Gasteiger partial charge in [-0.15, -0.1) is 0 Å². The zero-order chi connectivity index (χ0) is 27.7. The Morgan fingerprint density at radius 2 is 2.00 bits per heavy atom. The van der Waals surface area contributed by atoms with E-state index in [1.54, 1.807) is 19.4 Å². The van der Waals surface area contributed by atoms with Crippen molar-refractivity contribution in [1.82, 2.24) is 29.6 Å². The molecule has 0 amide bonds. The highest BCUT2D eigenvalue weighted by molar-refractivity contribution is 7.89. The summed E-state index contributed by atoms with van der Waals surface area (Å²) in [6.07, 6.45) is 9.30. The van der Waals surface area contributed by atoms with E-state index in [0.717, 1.165) is 36.2 Å². The summed E-state index contributed by atoms with van der Waals surface area (Å²) >= 11 is 0. The molecule has 1 aliphatic heterocycles. The van der Waals surface area contributed by atoms with Gasteiger partial charge < -0.3 is 10.2 Å². The lowest BCUT2D eigenvalue weighted by Gasteiger charge is -2.27. The number of aldehydes is 1. The zero-order valence-electron chi connectivity index (χ0n) is 23.2. The summed E-state index contributed by atoms with van der Waals surface area (Å²) in [5.41, 5.74) is 3.23. The lowest BCUT2D eigenvalue weighted by Crippen LogP contribution is -2.34. The fourth-order valence-electron chi connectivity index (χ4n) is 5.23. The molecule has 3 aliphatic rings. The first-order valence-corrected chi connectivity index (χ1v) is 15.5. The van der Waals surface area contributed by atoms with Crippen molar-refractivity contribution < 1.29 is 13.2 Å². The molecule has 0 bridgehead atoms. The van der Waals surface area contributed by atoms with Crippen LogP contribution in [0.5, 0.6) is 0 Å². The third-order valence-electron chi connectivity index (χ3n) is 8.18. The summed E-state index contributed by atoms with van der Waals surface area (Å²) in [7, 11) is -1.20. The van der Waals surface area contributed by atoms with Crippen molar-refractivity contribution in [3.05, 3.63) is 23.9 Å². The monoisotopic (exact) mass is 554 g/mol. The molecular weight excluding hydrogens is 516 g/mol. The average molecular weight is 555 g/mol. The Balaban J connectivity index is 1.42. The maximum atomic E-state index is 12.2. The Morgan fingerprint density at radius 3 is 2.67 bits per heavy atom. The Bertz CT molecular complexity index is 1360. The van der Waals surface area contributed by atoms with E-state index in [0.29, 0.717) is 55.1 Å². The van der Waals surface area contributed by atoms with Crippen LogP contribution in [-0.4, -0.2) is 83.3 Å². The molecule has 1 saturated heterocycles. The van der Waals surface area contributed by atoms with Crippen LogP contribution in [0.4, 0.5) is 11.5 Å². The summed E-state index contributed by atoms with van der Waals surface area (Å²) in [5, 5.41) is 3.13. The highest BCUT2D eigenvalue weighted by Crippen LogP contribution is 2.44. The summed E-state index contributed by atoms with van der Waals surface area (Å²) in [6.45, 7) is 7.21. The van der Waals surface area contributed by atoms with Crippen molar-refractivity contribution in [2.45, 2.75) is 64.8 Å². The molecule has 3 heterocycles. The second-order valence-electron chi connectivity index (χ2n) is 11.0. The fraction of sp³-hybridized carbons (Fsp3) is 0.630. The van der Waals surface area contributed by atoms with Crippen LogP contribution >= 0.6 is 0 Å². The maximum absolute atomic E-state index is 12.2. The first-order chi connectivity index (χ1) is 18.7. The van der Waals surface area contributed by atoms with Crippen LogP contribution < -0.4 is 10.2 Å². The molecule has 210 valence electrons. The molecule has 11 nitrogen and oxygen atoms in total. The predicted octanol–water partition coefficient (Wildman–Crippen LogP) is 2.84. The number of aliphatic imine (C=N–C) groups is 1. The molecule has 0 spiro atoms. The van der Waals surface area contributed by atoms with Crippen LogP contribution in [0.1, 0.15) is 63.3 Å². The Hall–Kier alpha value is -2.99. The van der Waals surface area contributed by atoms with Gasteiger partial charge >= 0.3 is 0 Å². The highest BCUT2D eigenvalue weighted by atomic mass is 32.2. The zero-order valence-corrected chi connectivity index (χ0v) is 24.0. The number of hydrogen-bond donors (Lipinski definition) is 1. The normalized spacial score (nSPS) is 21.1. The van der Waals surface area contributed by atoms with Crippen LogP contribution in [0, 0.1) is 18.8 Å². The quantitative estimate of drug-likeness (QED) is 0.253. The van der Waals surface area contributed by atoms with Gasteiger partial charge in [0.25, 0.3) is 0 Å². The van der Waals surface area contributed by atoms with Crippen LogP contribution in [0.25, 0.3) is 11.4 Å². The lowest BCUT2D eigenvalue weighted by molar-refractivity contribution is -0.102. The van der Waals surface area contributed by atoms with Crippen molar-refractivity contribution in [2.24, 2.45) is 16.8 Å². The van der Waals surface area contributed by atoms with Crippen LogP contribution in [0.15, 0.2) is 17.5 Å². The van der Waals surface area contributed by atoms with Crippen molar-refractivity contribution in [1.29, 1.82) is 0 Å². The number of amidine groups is 1. The smallest absolute Gasteiger partial charge is 0.213 e. The largest absolute Gasteiger partial charge is 0.367 e. The molecule has 2 aliphatic carbocycles. The molecule has 12 heteroatoms. The third kappa shape index (κ3) is 6.11. The number of carbonyl (C=O) groups is 1. The molecule has 2 aromatic heterocycles. The number of sulfonamides is 1. The number of rotatable bonds is 11. The van der Waals surface area contributed by atoms with E-state index in [9.17, 15) is 13.2 Å². The second kappa shape index (κ2) is 11.2. The van der Waals surface area contributed by atoms with Gasteiger partial charge in [-0.2, -0.15) is 0 Å². The minimum absolute atomic E-state index is 0.0938. The number of carbonyl (C=O) groups excluding carboxylic acids is 1. The Labute approximate surface area is 230 Å². The molecule has 2 aromatic rings. The van der Waals surface area contributed by atoms with Gasteiger partial charge in [0.2, 0.25) is 10.0 Å². The Morgan fingerprint density at radius 1 is 1.23 bits per heavy atom. The van der Waals surface area contributed by atoms with Crippen molar-refractivity contribution in [3.63, 3.8) is 0 Å². The number of hydrogen-bond acceptors (Lipinski definition) is 9. The SMILES string of the molecule is CCS(=O)(=O)N1CCC(CN/C(C=O)=N/c2cnc(-c3c(C)ncnc3C3CC3)nc2N(C)C(C)C2CC2)C1.